The van der Waals surface area contributed by atoms with Crippen molar-refractivity contribution in [2.45, 2.75) is 26.7 Å². The van der Waals surface area contributed by atoms with Crippen molar-refractivity contribution in [3.63, 3.8) is 0 Å². The van der Waals surface area contributed by atoms with Crippen LogP contribution in [0.25, 0.3) is 0 Å². The average Bonchev–Trinajstić information content (AvgIpc) is 2.14. The minimum atomic E-state index is 0. The zero-order valence-electron chi connectivity index (χ0n) is 5.99. The number of hydrogen-bond donors (Lipinski definition) is 0. The third kappa shape index (κ3) is 2.22. The standard InChI is InChI=1S/C8H11.Zr/c1-3-8-6-4-5-7(8)2;/h5H,3-4H2,1-2H3;/q-1;. The molecule has 0 saturated heterocycles. The van der Waals surface area contributed by atoms with Crippen LogP contribution in [0.5, 0.6) is 0 Å². The van der Waals surface area contributed by atoms with Crippen molar-refractivity contribution in [2.24, 2.45) is 0 Å². The van der Waals surface area contributed by atoms with E-state index in [1.807, 2.05) is 0 Å². The summed E-state index contributed by atoms with van der Waals surface area (Å²) in [4.78, 5) is 0. The van der Waals surface area contributed by atoms with Crippen LogP contribution in [-0.2, 0) is 26.2 Å². The van der Waals surface area contributed by atoms with Gasteiger partial charge in [0.25, 0.3) is 0 Å². The second-order valence-electron chi connectivity index (χ2n) is 2.10. The van der Waals surface area contributed by atoms with E-state index in [2.05, 4.69) is 26.0 Å². The maximum Gasteiger partial charge on any atom is 0 e. The van der Waals surface area contributed by atoms with E-state index in [1.165, 1.54) is 11.1 Å². The van der Waals surface area contributed by atoms with Crippen molar-refractivity contribution in [3.05, 3.63) is 23.3 Å². The second kappa shape index (κ2) is 4.22. The molecule has 0 spiro atoms. The van der Waals surface area contributed by atoms with Gasteiger partial charge < -0.3 is 0 Å². The molecule has 0 aliphatic heterocycles. The third-order valence-corrected chi connectivity index (χ3v) is 1.55. The Labute approximate surface area is 76.2 Å². The van der Waals surface area contributed by atoms with E-state index < -0.39 is 0 Å². The van der Waals surface area contributed by atoms with E-state index in [9.17, 15) is 0 Å². The first-order chi connectivity index (χ1) is 3.84. The molecule has 1 aliphatic carbocycles. The van der Waals surface area contributed by atoms with E-state index in [0.29, 0.717) is 0 Å². The average molecular weight is 198 g/mol. The fraction of sp³-hybridized carbons (Fsp3) is 0.500. The van der Waals surface area contributed by atoms with Crippen molar-refractivity contribution >= 4 is 0 Å². The van der Waals surface area contributed by atoms with Crippen molar-refractivity contribution in [3.8, 4) is 0 Å². The molecule has 0 amide bonds. The number of allylic oxidation sites excluding steroid dienone is 4. The summed E-state index contributed by atoms with van der Waals surface area (Å²) in [6.07, 6.45) is 7.68. The Hall–Kier alpha value is 0.363. The van der Waals surface area contributed by atoms with Crippen LogP contribution in [-0.4, -0.2) is 0 Å². The maximum absolute atomic E-state index is 3.28. The van der Waals surface area contributed by atoms with E-state index in [4.69, 9.17) is 0 Å². The van der Waals surface area contributed by atoms with E-state index in [0.717, 1.165) is 12.8 Å². The van der Waals surface area contributed by atoms with E-state index in [-0.39, 0.29) is 26.2 Å². The number of rotatable bonds is 1. The van der Waals surface area contributed by atoms with Crippen molar-refractivity contribution in [1.82, 2.24) is 0 Å². The predicted octanol–water partition coefficient (Wildman–Crippen LogP) is 2.47. The first-order valence-corrected chi connectivity index (χ1v) is 3.11. The Kier molecular flexibility index (Phi) is 4.39. The van der Waals surface area contributed by atoms with Gasteiger partial charge in [0.2, 0.25) is 0 Å². The van der Waals surface area contributed by atoms with Crippen molar-refractivity contribution in [2.75, 3.05) is 0 Å². The molecule has 1 rings (SSSR count). The van der Waals surface area contributed by atoms with E-state index >= 15 is 0 Å². The van der Waals surface area contributed by atoms with Crippen molar-refractivity contribution < 1.29 is 26.2 Å². The smallest absolute Gasteiger partial charge is 0 e. The van der Waals surface area contributed by atoms with Crippen LogP contribution < -0.4 is 0 Å². The molecule has 0 radical (unpaired) electrons. The molecular weight excluding hydrogens is 187 g/mol. The molecular formula is C8H11Zr-. The topological polar surface area (TPSA) is 0 Å². The van der Waals surface area contributed by atoms with Gasteiger partial charge in [0.15, 0.2) is 0 Å². The van der Waals surface area contributed by atoms with Crippen LogP contribution in [0.1, 0.15) is 26.7 Å². The number of hydrogen-bond acceptors (Lipinski definition) is 0. The molecule has 0 atom stereocenters. The zero-order valence-corrected chi connectivity index (χ0v) is 8.45. The quantitative estimate of drug-likeness (QED) is 0.568. The molecule has 1 heteroatoms. The molecule has 0 aromatic carbocycles. The molecule has 0 unspecified atom stereocenters. The summed E-state index contributed by atoms with van der Waals surface area (Å²) < 4.78 is 0. The summed E-state index contributed by atoms with van der Waals surface area (Å²) in [6, 6.07) is 0. The van der Waals surface area contributed by atoms with Gasteiger partial charge in [-0.15, -0.1) is 13.3 Å². The van der Waals surface area contributed by atoms with Crippen LogP contribution in [0.4, 0.5) is 0 Å². The van der Waals surface area contributed by atoms with E-state index in [1.54, 1.807) is 0 Å². The van der Waals surface area contributed by atoms with Crippen LogP contribution in [0.2, 0.25) is 0 Å². The molecule has 0 N–H and O–H groups in total. The van der Waals surface area contributed by atoms with Crippen molar-refractivity contribution in [1.29, 1.82) is 0 Å². The summed E-state index contributed by atoms with van der Waals surface area (Å²) in [6.45, 7) is 4.32. The molecule has 0 fully saturated rings. The minimum Gasteiger partial charge on any atom is -0.269 e. The fourth-order valence-electron chi connectivity index (χ4n) is 0.994. The van der Waals surface area contributed by atoms with Gasteiger partial charge in [-0.3, -0.25) is 6.08 Å². The third-order valence-electron chi connectivity index (χ3n) is 1.55. The van der Waals surface area contributed by atoms with Gasteiger partial charge >= 0.3 is 0 Å². The maximum atomic E-state index is 3.28. The summed E-state index contributed by atoms with van der Waals surface area (Å²) in [5, 5.41) is 0. The molecule has 0 heterocycles. The van der Waals surface area contributed by atoms with Gasteiger partial charge in [0.1, 0.15) is 0 Å². The SMILES string of the molecule is CCC1=[C-]CC=C1C.[Zr]. The van der Waals surface area contributed by atoms with Crippen LogP contribution >= 0.6 is 0 Å². The monoisotopic (exact) mass is 197 g/mol. The van der Waals surface area contributed by atoms with Gasteiger partial charge in [-0.05, 0) is 0 Å². The van der Waals surface area contributed by atoms with Crippen LogP contribution in [0, 0.1) is 6.08 Å². The van der Waals surface area contributed by atoms with Gasteiger partial charge in [0, 0.05) is 26.2 Å². The van der Waals surface area contributed by atoms with Gasteiger partial charge in [-0.1, -0.05) is 13.3 Å². The molecule has 48 valence electrons. The molecule has 0 bridgehead atoms. The molecule has 0 aromatic heterocycles. The Morgan fingerprint density at radius 1 is 1.67 bits per heavy atom. The summed E-state index contributed by atoms with van der Waals surface area (Å²) in [7, 11) is 0. The Morgan fingerprint density at radius 2 is 2.33 bits per heavy atom. The molecule has 0 aromatic rings. The molecule has 0 nitrogen and oxygen atoms in total. The summed E-state index contributed by atoms with van der Waals surface area (Å²) in [5.74, 6) is 0. The molecule has 9 heavy (non-hydrogen) atoms. The Morgan fingerprint density at radius 3 is 2.56 bits per heavy atom. The van der Waals surface area contributed by atoms with Crippen LogP contribution in [0.15, 0.2) is 17.2 Å². The first kappa shape index (κ1) is 9.36. The fourth-order valence-corrected chi connectivity index (χ4v) is 0.994. The largest absolute Gasteiger partial charge is 0.269 e. The normalized spacial score (nSPS) is 16.2. The molecule has 1 aliphatic rings. The summed E-state index contributed by atoms with van der Waals surface area (Å²) in [5.41, 5.74) is 2.83. The van der Waals surface area contributed by atoms with Gasteiger partial charge in [0.05, 0.1) is 0 Å². The van der Waals surface area contributed by atoms with Gasteiger partial charge in [-0.2, -0.15) is 6.08 Å². The molecule has 0 saturated carbocycles. The minimum absolute atomic E-state index is 0. The van der Waals surface area contributed by atoms with Crippen LogP contribution in [0.3, 0.4) is 0 Å². The summed E-state index contributed by atoms with van der Waals surface area (Å²) >= 11 is 0. The zero-order chi connectivity index (χ0) is 5.98. The Balaban J connectivity index is 0.000000640. The second-order valence-corrected chi connectivity index (χ2v) is 2.10. The van der Waals surface area contributed by atoms with Gasteiger partial charge in [-0.25, -0.2) is 11.1 Å². The Bertz CT molecular complexity index is 143. The first-order valence-electron chi connectivity index (χ1n) is 3.11. The predicted molar refractivity (Wildman–Crippen MR) is 35.4 cm³/mol.